The smallest absolute Gasteiger partial charge is 0.337 e. The third-order valence-electron chi connectivity index (χ3n) is 2.65. The van der Waals surface area contributed by atoms with Crippen molar-refractivity contribution >= 4 is 28.9 Å². The molecule has 2 aromatic rings. The van der Waals surface area contributed by atoms with Crippen LogP contribution in [0.3, 0.4) is 0 Å². The van der Waals surface area contributed by atoms with Crippen molar-refractivity contribution < 1.29 is 14.7 Å². The van der Waals surface area contributed by atoms with Crippen LogP contribution in [0.5, 0.6) is 0 Å². The highest BCUT2D eigenvalue weighted by Gasteiger charge is 2.13. The van der Waals surface area contributed by atoms with Crippen molar-refractivity contribution in [2.75, 3.05) is 16.8 Å². The largest absolute Gasteiger partial charge is 0.478 e. The third kappa shape index (κ3) is 2.86. The van der Waals surface area contributed by atoms with Crippen LogP contribution in [-0.2, 0) is 0 Å². The summed E-state index contributed by atoms with van der Waals surface area (Å²) in [5.41, 5.74) is 12.4. The number of anilines is 3. The van der Waals surface area contributed by atoms with Crippen LogP contribution in [0.1, 0.15) is 20.7 Å². The molecule has 0 radical (unpaired) electrons. The second kappa shape index (κ2) is 5.31. The Morgan fingerprint density at radius 3 is 2.20 bits per heavy atom. The highest BCUT2D eigenvalue weighted by molar-refractivity contribution is 6.08. The molecule has 0 bridgehead atoms. The molecule has 1 amide bonds. The van der Waals surface area contributed by atoms with Crippen molar-refractivity contribution in [1.29, 1.82) is 0 Å². The van der Waals surface area contributed by atoms with Gasteiger partial charge in [0.1, 0.15) is 0 Å². The van der Waals surface area contributed by atoms with E-state index in [0.29, 0.717) is 11.4 Å². The van der Waals surface area contributed by atoms with Crippen LogP contribution in [0, 0.1) is 0 Å². The number of carbonyl (C=O) groups excluding carboxylic acids is 1. The molecule has 2 rings (SSSR count). The van der Waals surface area contributed by atoms with Gasteiger partial charge >= 0.3 is 5.97 Å². The SMILES string of the molecule is Nc1cc(N)cc(C(=O)Nc2ccccc2C(=O)O)c1. The molecule has 0 aliphatic carbocycles. The van der Waals surface area contributed by atoms with E-state index in [9.17, 15) is 9.59 Å². The Morgan fingerprint density at radius 1 is 1.00 bits per heavy atom. The van der Waals surface area contributed by atoms with Crippen molar-refractivity contribution in [3.05, 3.63) is 53.6 Å². The van der Waals surface area contributed by atoms with E-state index in [1.165, 1.54) is 30.3 Å². The first-order chi connectivity index (χ1) is 9.47. The molecule has 0 heterocycles. The van der Waals surface area contributed by atoms with Crippen LogP contribution in [0.4, 0.5) is 17.1 Å². The Morgan fingerprint density at radius 2 is 1.60 bits per heavy atom. The fourth-order valence-corrected chi connectivity index (χ4v) is 1.78. The van der Waals surface area contributed by atoms with Gasteiger partial charge in [-0.05, 0) is 30.3 Å². The van der Waals surface area contributed by atoms with Gasteiger partial charge in [-0.1, -0.05) is 12.1 Å². The first-order valence-electron chi connectivity index (χ1n) is 5.77. The lowest BCUT2D eigenvalue weighted by atomic mass is 10.1. The molecule has 0 saturated heterocycles. The van der Waals surface area contributed by atoms with Crippen molar-refractivity contribution in [1.82, 2.24) is 0 Å². The maximum atomic E-state index is 12.1. The topological polar surface area (TPSA) is 118 Å². The monoisotopic (exact) mass is 271 g/mol. The van der Waals surface area contributed by atoms with Crippen LogP contribution in [0.2, 0.25) is 0 Å². The molecule has 20 heavy (non-hydrogen) atoms. The Labute approximate surface area is 115 Å². The predicted molar refractivity (Wildman–Crippen MR) is 76.6 cm³/mol. The lowest BCUT2D eigenvalue weighted by Crippen LogP contribution is -2.15. The minimum absolute atomic E-state index is 0.0118. The van der Waals surface area contributed by atoms with Gasteiger partial charge in [-0.15, -0.1) is 0 Å². The standard InChI is InChI=1S/C14H13N3O3/c15-9-5-8(6-10(16)7-9)13(18)17-12-4-2-1-3-11(12)14(19)20/h1-7H,15-16H2,(H,17,18)(H,19,20). The number of para-hydroxylation sites is 1. The Hall–Kier alpha value is -3.02. The van der Waals surface area contributed by atoms with Crippen molar-refractivity contribution in [2.45, 2.75) is 0 Å². The van der Waals surface area contributed by atoms with Gasteiger partial charge in [0.15, 0.2) is 0 Å². The number of hydrogen-bond acceptors (Lipinski definition) is 4. The number of nitrogens with two attached hydrogens (primary N) is 2. The van der Waals surface area contributed by atoms with Crippen LogP contribution >= 0.6 is 0 Å². The third-order valence-corrected chi connectivity index (χ3v) is 2.65. The van der Waals surface area contributed by atoms with Gasteiger partial charge in [0, 0.05) is 16.9 Å². The summed E-state index contributed by atoms with van der Waals surface area (Å²) in [5.74, 6) is -1.59. The molecule has 0 saturated carbocycles. The van der Waals surface area contributed by atoms with Crippen LogP contribution in [0.15, 0.2) is 42.5 Å². The Kier molecular flexibility index (Phi) is 3.56. The summed E-state index contributed by atoms with van der Waals surface area (Å²) in [4.78, 5) is 23.1. The number of rotatable bonds is 3. The zero-order chi connectivity index (χ0) is 14.7. The van der Waals surface area contributed by atoms with Gasteiger partial charge < -0.3 is 21.9 Å². The van der Waals surface area contributed by atoms with Gasteiger partial charge in [-0.3, -0.25) is 4.79 Å². The number of aromatic carboxylic acids is 1. The molecular formula is C14H13N3O3. The summed E-state index contributed by atoms with van der Waals surface area (Å²) in [5, 5.41) is 11.6. The fraction of sp³-hybridized carbons (Fsp3) is 0. The average molecular weight is 271 g/mol. The average Bonchev–Trinajstić information content (AvgIpc) is 2.37. The van der Waals surface area contributed by atoms with E-state index in [1.807, 2.05) is 0 Å². The molecule has 102 valence electrons. The summed E-state index contributed by atoms with van der Waals surface area (Å²) in [6.07, 6.45) is 0. The summed E-state index contributed by atoms with van der Waals surface area (Å²) in [7, 11) is 0. The molecule has 0 aliphatic rings. The molecule has 0 atom stereocenters. The molecule has 2 aromatic carbocycles. The molecule has 0 aromatic heterocycles. The highest BCUT2D eigenvalue weighted by Crippen LogP contribution is 2.18. The van der Waals surface area contributed by atoms with E-state index in [-0.39, 0.29) is 16.8 Å². The van der Waals surface area contributed by atoms with Crippen molar-refractivity contribution in [3.8, 4) is 0 Å². The molecule has 0 aliphatic heterocycles. The minimum atomic E-state index is -1.12. The molecule has 0 spiro atoms. The fourth-order valence-electron chi connectivity index (χ4n) is 1.78. The number of nitrogens with one attached hydrogen (secondary N) is 1. The van der Waals surface area contributed by atoms with E-state index >= 15 is 0 Å². The second-order valence-corrected chi connectivity index (χ2v) is 4.19. The van der Waals surface area contributed by atoms with Gasteiger partial charge in [0.25, 0.3) is 5.91 Å². The lowest BCUT2D eigenvalue weighted by Gasteiger charge is -2.09. The number of hydrogen-bond donors (Lipinski definition) is 4. The molecule has 6 heteroatoms. The maximum absolute atomic E-state index is 12.1. The first kappa shape index (κ1) is 13.4. The first-order valence-corrected chi connectivity index (χ1v) is 5.77. The number of nitrogen functional groups attached to an aromatic ring is 2. The zero-order valence-electron chi connectivity index (χ0n) is 10.5. The van der Waals surface area contributed by atoms with Gasteiger partial charge in [0.2, 0.25) is 0 Å². The van der Waals surface area contributed by atoms with Crippen molar-refractivity contribution in [2.24, 2.45) is 0 Å². The van der Waals surface area contributed by atoms with Crippen LogP contribution in [-0.4, -0.2) is 17.0 Å². The zero-order valence-corrected chi connectivity index (χ0v) is 10.5. The summed E-state index contributed by atoms with van der Waals surface area (Å²) < 4.78 is 0. The quantitative estimate of drug-likeness (QED) is 0.635. The normalized spacial score (nSPS) is 10.0. The van der Waals surface area contributed by atoms with Crippen LogP contribution < -0.4 is 16.8 Å². The Bertz CT molecular complexity index is 663. The molecule has 6 nitrogen and oxygen atoms in total. The van der Waals surface area contributed by atoms with Gasteiger partial charge in [-0.25, -0.2) is 4.79 Å². The maximum Gasteiger partial charge on any atom is 0.337 e. The second-order valence-electron chi connectivity index (χ2n) is 4.19. The number of carboxylic acids is 1. The molecule has 6 N–H and O–H groups in total. The lowest BCUT2D eigenvalue weighted by molar-refractivity contribution is 0.0698. The molecule has 0 unspecified atom stereocenters. The summed E-state index contributed by atoms with van der Waals surface area (Å²) >= 11 is 0. The van der Waals surface area contributed by atoms with E-state index in [2.05, 4.69) is 5.32 Å². The van der Waals surface area contributed by atoms with Crippen LogP contribution in [0.25, 0.3) is 0 Å². The number of benzene rings is 2. The predicted octanol–water partition coefficient (Wildman–Crippen LogP) is 1.80. The van der Waals surface area contributed by atoms with E-state index in [1.54, 1.807) is 12.1 Å². The van der Waals surface area contributed by atoms with E-state index in [4.69, 9.17) is 16.6 Å². The molecule has 0 fully saturated rings. The molecular weight excluding hydrogens is 258 g/mol. The number of carbonyl (C=O) groups is 2. The summed E-state index contributed by atoms with van der Waals surface area (Å²) in [6.45, 7) is 0. The number of amides is 1. The van der Waals surface area contributed by atoms with Gasteiger partial charge in [-0.2, -0.15) is 0 Å². The van der Waals surface area contributed by atoms with E-state index in [0.717, 1.165) is 0 Å². The Balaban J connectivity index is 2.30. The summed E-state index contributed by atoms with van der Waals surface area (Å²) in [6, 6.07) is 10.6. The van der Waals surface area contributed by atoms with Gasteiger partial charge in [0.05, 0.1) is 11.3 Å². The van der Waals surface area contributed by atoms with E-state index < -0.39 is 11.9 Å². The minimum Gasteiger partial charge on any atom is -0.478 e. The number of carboxylic acid groups (broad SMARTS) is 1. The van der Waals surface area contributed by atoms with Crippen molar-refractivity contribution in [3.63, 3.8) is 0 Å². The highest BCUT2D eigenvalue weighted by atomic mass is 16.4.